The summed E-state index contributed by atoms with van der Waals surface area (Å²) in [6.45, 7) is 0. The molecule has 1 heterocycles. The van der Waals surface area contributed by atoms with Crippen LogP contribution in [-0.2, 0) is 15.0 Å². The second-order valence-corrected chi connectivity index (χ2v) is 3.67. The van der Waals surface area contributed by atoms with E-state index in [0.29, 0.717) is 0 Å². The SMILES string of the molecule is NS(=O)(=O)N([C]=O)c1csnn1. The van der Waals surface area contributed by atoms with Crippen LogP contribution in [0.5, 0.6) is 0 Å². The molecule has 1 aromatic rings. The van der Waals surface area contributed by atoms with Crippen LogP contribution in [0.1, 0.15) is 0 Å². The van der Waals surface area contributed by atoms with Crippen LogP contribution in [0.2, 0.25) is 0 Å². The molecule has 0 saturated carbocycles. The van der Waals surface area contributed by atoms with Crippen molar-refractivity contribution < 1.29 is 13.2 Å². The standard InChI is InChI=1S/C3H3N4O3S2/c4-12(9,10)7(2-8)3-1-11-6-5-3/h1H,(H2,4,9,10). The summed E-state index contributed by atoms with van der Waals surface area (Å²) in [5.74, 6) is -0.155. The first-order chi connectivity index (χ1) is 5.55. The minimum Gasteiger partial charge on any atom is -0.262 e. The Morgan fingerprint density at radius 3 is 2.67 bits per heavy atom. The van der Waals surface area contributed by atoms with E-state index < -0.39 is 10.2 Å². The van der Waals surface area contributed by atoms with Crippen LogP contribution in [-0.4, -0.2) is 24.4 Å². The molecule has 0 aliphatic rings. The highest BCUT2D eigenvalue weighted by Crippen LogP contribution is 2.11. The largest absolute Gasteiger partial charge is 0.334 e. The van der Waals surface area contributed by atoms with Gasteiger partial charge in [-0.15, -0.1) is 5.10 Å². The minimum absolute atomic E-state index is 0.155. The van der Waals surface area contributed by atoms with Crippen molar-refractivity contribution >= 4 is 34.0 Å². The van der Waals surface area contributed by atoms with E-state index in [-0.39, 0.29) is 10.1 Å². The summed E-state index contributed by atoms with van der Waals surface area (Å²) in [6, 6.07) is 0. The molecule has 12 heavy (non-hydrogen) atoms. The van der Waals surface area contributed by atoms with E-state index in [9.17, 15) is 13.2 Å². The first-order valence-electron chi connectivity index (χ1n) is 2.53. The summed E-state index contributed by atoms with van der Waals surface area (Å²) in [5, 5.41) is 9.24. The lowest BCUT2D eigenvalue weighted by molar-refractivity contribution is 0.553. The molecule has 0 fully saturated rings. The summed E-state index contributed by atoms with van der Waals surface area (Å²) >= 11 is 0.898. The molecule has 0 saturated heterocycles. The predicted octanol–water partition coefficient (Wildman–Crippen LogP) is -1.38. The van der Waals surface area contributed by atoms with Gasteiger partial charge in [0, 0.05) is 0 Å². The fourth-order valence-electron chi connectivity index (χ4n) is 0.477. The first-order valence-corrected chi connectivity index (χ1v) is 4.87. The van der Waals surface area contributed by atoms with Gasteiger partial charge in [-0.3, -0.25) is 4.79 Å². The number of amides is 1. The lowest BCUT2D eigenvalue weighted by Gasteiger charge is -2.07. The van der Waals surface area contributed by atoms with Crippen molar-refractivity contribution in [2.45, 2.75) is 0 Å². The lowest BCUT2D eigenvalue weighted by atomic mass is 10.8. The normalized spacial score (nSPS) is 11.1. The third-order valence-corrected chi connectivity index (χ3v) is 2.16. The summed E-state index contributed by atoms with van der Waals surface area (Å²) in [4.78, 5) is 10.1. The molecule has 9 heteroatoms. The van der Waals surface area contributed by atoms with Crippen LogP contribution < -0.4 is 9.44 Å². The van der Waals surface area contributed by atoms with Crippen molar-refractivity contribution in [3.63, 3.8) is 0 Å². The number of nitrogens with zero attached hydrogens (tertiary/aromatic N) is 3. The van der Waals surface area contributed by atoms with Gasteiger partial charge in [-0.1, -0.05) is 4.49 Å². The van der Waals surface area contributed by atoms with Crippen molar-refractivity contribution in [3.05, 3.63) is 5.38 Å². The van der Waals surface area contributed by atoms with Crippen LogP contribution in [0.15, 0.2) is 5.38 Å². The van der Waals surface area contributed by atoms with Crippen LogP contribution in [0.3, 0.4) is 0 Å². The van der Waals surface area contributed by atoms with Gasteiger partial charge in [0.25, 0.3) is 0 Å². The van der Waals surface area contributed by atoms with Gasteiger partial charge in [0.1, 0.15) is 0 Å². The summed E-state index contributed by atoms with van der Waals surface area (Å²) in [7, 11) is -4.12. The molecule has 1 rings (SSSR count). The van der Waals surface area contributed by atoms with E-state index >= 15 is 0 Å². The van der Waals surface area contributed by atoms with Crippen molar-refractivity contribution in [1.82, 2.24) is 9.59 Å². The number of nitrogens with two attached hydrogens (primary N) is 1. The number of rotatable bonds is 3. The van der Waals surface area contributed by atoms with Gasteiger partial charge in [-0.25, -0.2) is 5.14 Å². The Kier molecular flexibility index (Phi) is 2.35. The maximum atomic E-state index is 10.6. The first kappa shape index (κ1) is 9.03. The number of hydrogen-bond acceptors (Lipinski definition) is 6. The molecule has 0 atom stereocenters. The Hall–Kier alpha value is -1.06. The van der Waals surface area contributed by atoms with E-state index in [1.165, 1.54) is 5.38 Å². The van der Waals surface area contributed by atoms with E-state index in [1.807, 2.05) is 0 Å². The van der Waals surface area contributed by atoms with Crippen LogP contribution in [0, 0.1) is 0 Å². The Bertz CT molecular complexity index is 357. The smallest absolute Gasteiger partial charge is 0.262 e. The zero-order valence-electron chi connectivity index (χ0n) is 5.54. The zero-order chi connectivity index (χ0) is 9.19. The molecule has 2 N–H and O–H groups in total. The molecule has 1 amide bonds. The number of carbonyl (C=O) groups excluding carboxylic acids is 1. The predicted molar refractivity (Wildman–Crippen MR) is 41.2 cm³/mol. The number of aromatic nitrogens is 2. The Morgan fingerprint density at radius 1 is 1.67 bits per heavy atom. The molecule has 65 valence electrons. The van der Waals surface area contributed by atoms with E-state index in [1.54, 1.807) is 0 Å². The molecule has 1 aromatic heterocycles. The van der Waals surface area contributed by atoms with E-state index in [2.05, 4.69) is 14.7 Å². The van der Waals surface area contributed by atoms with Crippen LogP contribution in [0.25, 0.3) is 0 Å². The van der Waals surface area contributed by atoms with Gasteiger partial charge in [0.05, 0.1) is 5.38 Å². The van der Waals surface area contributed by atoms with Crippen LogP contribution >= 0.6 is 11.5 Å². The van der Waals surface area contributed by atoms with Gasteiger partial charge in [-0.2, -0.15) is 12.7 Å². The average Bonchev–Trinajstić information content (AvgIpc) is 2.38. The second-order valence-electron chi connectivity index (χ2n) is 1.66. The van der Waals surface area contributed by atoms with E-state index in [4.69, 9.17) is 0 Å². The van der Waals surface area contributed by atoms with Crippen molar-refractivity contribution in [2.24, 2.45) is 5.14 Å². The van der Waals surface area contributed by atoms with Crippen molar-refractivity contribution in [2.75, 3.05) is 4.31 Å². The highest BCUT2D eigenvalue weighted by atomic mass is 32.2. The molecule has 0 spiro atoms. The molecule has 0 unspecified atom stereocenters. The molecule has 0 bridgehead atoms. The Balaban J connectivity index is 3.08. The fourth-order valence-corrected chi connectivity index (χ4v) is 1.42. The highest BCUT2D eigenvalue weighted by Gasteiger charge is 2.20. The van der Waals surface area contributed by atoms with Crippen molar-refractivity contribution in [3.8, 4) is 0 Å². The molecule has 1 radical (unpaired) electrons. The van der Waals surface area contributed by atoms with Gasteiger partial charge >= 0.3 is 16.6 Å². The Labute approximate surface area is 72.1 Å². The minimum atomic E-state index is -4.12. The van der Waals surface area contributed by atoms with Gasteiger partial charge < -0.3 is 0 Å². The summed E-state index contributed by atoms with van der Waals surface area (Å²) in [6.07, 6.45) is 1.12. The van der Waals surface area contributed by atoms with Crippen molar-refractivity contribution in [1.29, 1.82) is 0 Å². The number of anilines is 1. The van der Waals surface area contributed by atoms with E-state index in [0.717, 1.165) is 17.9 Å². The highest BCUT2D eigenvalue weighted by molar-refractivity contribution is 7.91. The third kappa shape index (κ3) is 1.75. The third-order valence-electron chi connectivity index (χ3n) is 0.894. The van der Waals surface area contributed by atoms with Gasteiger partial charge in [0.15, 0.2) is 5.82 Å². The zero-order valence-corrected chi connectivity index (χ0v) is 7.17. The topological polar surface area (TPSA) is 106 Å². The monoisotopic (exact) mass is 207 g/mol. The maximum absolute atomic E-state index is 10.6. The fraction of sp³-hybridized carbons (Fsp3) is 0. The summed E-state index contributed by atoms with van der Waals surface area (Å²) < 4.78 is 24.8. The lowest BCUT2D eigenvalue weighted by Crippen LogP contribution is -2.35. The quantitative estimate of drug-likeness (QED) is 0.614. The summed E-state index contributed by atoms with van der Waals surface area (Å²) in [5.41, 5.74) is 0. The molecular formula is C3H3N4O3S2. The second kappa shape index (κ2) is 3.13. The molecule has 7 nitrogen and oxygen atoms in total. The Morgan fingerprint density at radius 2 is 2.33 bits per heavy atom. The average molecular weight is 207 g/mol. The number of hydrogen-bond donors (Lipinski definition) is 1. The molecule has 0 aliphatic carbocycles. The molecule has 0 aliphatic heterocycles. The molecular weight excluding hydrogens is 204 g/mol. The van der Waals surface area contributed by atoms with Gasteiger partial charge in [0.2, 0.25) is 0 Å². The van der Waals surface area contributed by atoms with Gasteiger partial charge in [-0.05, 0) is 11.5 Å². The van der Waals surface area contributed by atoms with Crippen LogP contribution in [0.4, 0.5) is 5.82 Å². The molecule has 0 aromatic carbocycles. The maximum Gasteiger partial charge on any atom is 0.334 e.